The van der Waals surface area contributed by atoms with Gasteiger partial charge in [-0.3, -0.25) is 4.98 Å². The summed E-state index contributed by atoms with van der Waals surface area (Å²) in [5.74, 6) is 0.995. The van der Waals surface area contributed by atoms with Gasteiger partial charge >= 0.3 is 0 Å². The van der Waals surface area contributed by atoms with Crippen LogP contribution in [0.4, 0.5) is 0 Å². The molecule has 0 saturated carbocycles. The normalized spacial score (nSPS) is 12.5. The Labute approximate surface area is 264 Å². The van der Waals surface area contributed by atoms with Crippen molar-refractivity contribution in [1.82, 2.24) is 14.8 Å². The molecular weight excluding hydrogens is 554 g/mol. The third-order valence-corrected chi connectivity index (χ3v) is 8.58. The molecule has 2 heterocycles. The highest BCUT2D eigenvalue weighted by Gasteiger charge is 2.31. The van der Waals surface area contributed by atoms with E-state index in [0.717, 1.165) is 59.6 Å². The average molecular weight is 590 g/mol. The maximum atomic E-state index is 9.44. The number of hydrogen-bond acceptors (Lipinski definition) is 4. The van der Waals surface area contributed by atoms with Gasteiger partial charge in [0.25, 0.3) is 0 Å². The largest absolute Gasteiger partial charge is 0.497 e. The number of rotatable bonds is 4. The molecule has 0 amide bonds. The summed E-state index contributed by atoms with van der Waals surface area (Å²) < 4.78 is 7.45. The fraction of sp³-hybridized carbons (Fsp3) is 0.175. The fourth-order valence-electron chi connectivity index (χ4n) is 6.62. The van der Waals surface area contributed by atoms with Crippen LogP contribution in [0.1, 0.15) is 36.2 Å². The maximum Gasteiger partial charge on any atom is 0.126 e. The highest BCUT2D eigenvalue weighted by Crippen LogP contribution is 2.48. The van der Waals surface area contributed by atoms with Crippen molar-refractivity contribution in [3.8, 4) is 56.2 Å². The van der Waals surface area contributed by atoms with Gasteiger partial charge in [-0.2, -0.15) is 5.10 Å². The first kappa shape index (κ1) is 28.5. The molecule has 222 valence electrons. The van der Waals surface area contributed by atoms with Crippen molar-refractivity contribution in [2.24, 2.45) is 0 Å². The Kier molecular flexibility index (Phi) is 7.60. The first-order valence-electron chi connectivity index (χ1n) is 15.5. The fourth-order valence-corrected chi connectivity index (χ4v) is 6.62. The molecule has 6 aromatic rings. The van der Waals surface area contributed by atoms with Gasteiger partial charge in [0.2, 0.25) is 0 Å². The minimum Gasteiger partial charge on any atom is -0.497 e. The van der Waals surface area contributed by atoms with Crippen LogP contribution in [-0.4, -0.2) is 27.7 Å². The van der Waals surface area contributed by atoms with E-state index in [9.17, 15) is 4.79 Å². The number of nitrogens with zero attached hydrogens (tertiary/aromatic N) is 3. The van der Waals surface area contributed by atoms with Crippen LogP contribution >= 0.6 is 0 Å². The number of fused-ring (bicyclic) bond motifs is 7. The van der Waals surface area contributed by atoms with Gasteiger partial charge in [-0.15, -0.1) is 0 Å². The summed E-state index contributed by atoms with van der Waals surface area (Å²) in [7, 11) is 1.70. The molecule has 2 aliphatic rings. The Morgan fingerprint density at radius 2 is 1.27 bits per heavy atom. The summed E-state index contributed by atoms with van der Waals surface area (Å²) in [6.45, 7) is 3.06. The van der Waals surface area contributed by atoms with Gasteiger partial charge in [0.1, 0.15) is 17.2 Å². The summed E-state index contributed by atoms with van der Waals surface area (Å²) >= 11 is 0. The Morgan fingerprint density at radius 3 is 1.93 bits per heavy atom. The minimum absolute atomic E-state index is 0.167. The molecule has 8 rings (SSSR count). The number of carbonyl (C=O) groups is 1. The average Bonchev–Trinajstić information content (AvgIpc) is 3.53. The minimum atomic E-state index is 0.167. The molecule has 5 heteroatoms. The molecule has 2 aliphatic carbocycles. The predicted octanol–water partition coefficient (Wildman–Crippen LogP) is 8.74. The zero-order valence-corrected chi connectivity index (χ0v) is 25.9. The summed E-state index contributed by atoms with van der Waals surface area (Å²) in [5, 5.41) is 5.17. The third kappa shape index (κ3) is 5.35. The number of aryl methyl sites for hydroxylation is 3. The second kappa shape index (κ2) is 12.0. The summed E-state index contributed by atoms with van der Waals surface area (Å²) in [5.41, 5.74) is 15.7. The quantitative estimate of drug-likeness (QED) is 0.206. The van der Waals surface area contributed by atoms with E-state index < -0.39 is 0 Å². The number of pyridine rings is 1. The zero-order valence-electron chi connectivity index (χ0n) is 25.9. The van der Waals surface area contributed by atoms with Gasteiger partial charge < -0.3 is 9.53 Å². The van der Waals surface area contributed by atoms with E-state index in [1.54, 1.807) is 7.11 Å². The molecule has 0 atom stereocenters. The van der Waals surface area contributed by atoms with Crippen molar-refractivity contribution in [2.75, 3.05) is 7.11 Å². The van der Waals surface area contributed by atoms with E-state index in [-0.39, 0.29) is 5.78 Å². The Morgan fingerprint density at radius 1 is 0.667 bits per heavy atom. The van der Waals surface area contributed by atoms with Crippen molar-refractivity contribution in [1.29, 1.82) is 0 Å². The number of ether oxygens (including phenoxy) is 1. The van der Waals surface area contributed by atoms with Crippen LogP contribution in [-0.2, 0) is 30.5 Å². The van der Waals surface area contributed by atoms with Crippen LogP contribution in [0.2, 0.25) is 0 Å². The first-order valence-corrected chi connectivity index (χ1v) is 15.5. The lowest BCUT2D eigenvalue weighted by molar-refractivity contribution is -0.114. The highest BCUT2D eigenvalue weighted by molar-refractivity contribution is 5.95. The number of carbonyl (C=O) groups excluding carboxylic acids is 1. The molecule has 2 aromatic heterocycles. The van der Waals surface area contributed by atoms with Gasteiger partial charge in [0.15, 0.2) is 0 Å². The maximum absolute atomic E-state index is 9.44. The standard InChI is InChI=1S/C37H29N3O.C3H6O/c1-41-28-19-15-26(16-20-28)36-32(23-40(39-36)27-11-3-2-4-12-27)37-35-30-14-8-6-9-24(30)17-21-31(35)34-29-13-7-5-10-25(29)18-22-33(34)38-37;1-3(2)4/h2-16,19-20,23H,17-18,21-22H2,1H3;1-2H3. The Bertz CT molecular complexity index is 2020. The van der Waals surface area contributed by atoms with Crippen LogP contribution in [0.15, 0.2) is 109 Å². The van der Waals surface area contributed by atoms with E-state index in [2.05, 4.69) is 91.1 Å². The lowest BCUT2D eigenvalue weighted by Crippen LogP contribution is -2.15. The lowest BCUT2D eigenvalue weighted by atomic mass is 9.76. The number of ketones is 1. The molecule has 0 radical (unpaired) electrons. The molecular formula is C40H35N3O2. The molecule has 5 nitrogen and oxygen atoms in total. The van der Waals surface area contributed by atoms with Crippen molar-refractivity contribution in [3.05, 3.63) is 132 Å². The van der Waals surface area contributed by atoms with E-state index in [4.69, 9.17) is 14.8 Å². The molecule has 0 N–H and O–H groups in total. The monoisotopic (exact) mass is 589 g/mol. The molecule has 0 saturated heterocycles. The van der Waals surface area contributed by atoms with E-state index in [1.165, 1.54) is 58.5 Å². The summed E-state index contributed by atoms with van der Waals surface area (Å²) in [6.07, 6.45) is 6.16. The van der Waals surface area contributed by atoms with E-state index in [0.29, 0.717) is 0 Å². The number of methoxy groups -OCH3 is 1. The summed E-state index contributed by atoms with van der Waals surface area (Å²) in [6, 6.07) is 36.3. The van der Waals surface area contributed by atoms with Crippen LogP contribution in [0.3, 0.4) is 0 Å². The summed E-state index contributed by atoms with van der Waals surface area (Å²) in [4.78, 5) is 15.0. The van der Waals surface area contributed by atoms with E-state index >= 15 is 0 Å². The molecule has 0 aliphatic heterocycles. The lowest BCUT2D eigenvalue weighted by Gasteiger charge is -2.29. The second-order valence-electron chi connectivity index (χ2n) is 11.8. The number of benzene rings is 4. The van der Waals surface area contributed by atoms with Crippen molar-refractivity contribution in [2.45, 2.75) is 39.5 Å². The van der Waals surface area contributed by atoms with Crippen LogP contribution in [0, 0.1) is 0 Å². The topological polar surface area (TPSA) is 57.0 Å². The van der Waals surface area contributed by atoms with Crippen molar-refractivity contribution >= 4 is 5.78 Å². The smallest absolute Gasteiger partial charge is 0.126 e. The van der Waals surface area contributed by atoms with Crippen LogP contribution < -0.4 is 4.74 Å². The van der Waals surface area contributed by atoms with Gasteiger partial charge in [-0.1, -0.05) is 66.7 Å². The first-order chi connectivity index (χ1) is 22.0. The number of para-hydroxylation sites is 1. The highest BCUT2D eigenvalue weighted by atomic mass is 16.5. The van der Waals surface area contributed by atoms with Crippen molar-refractivity contribution in [3.63, 3.8) is 0 Å². The second-order valence-corrected chi connectivity index (χ2v) is 11.8. The van der Waals surface area contributed by atoms with Crippen LogP contribution in [0.25, 0.3) is 50.5 Å². The Hall–Kier alpha value is -5.29. The third-order valence-electron chi connectivity index (χ3n) is 8.58. The van der Waals surface area contributed by atoms with Gasteiger partial charge in [0.05, 0.1) is 18.5 Å². The molecule has 45 heavy (non-hydrogen) atoms. The SMILES string of the molecule is CC(C)=O.COc1ccc(-c2nn(-c3ccccc3)cc2-c2nc3c(c4c2-c2ccccc2CC4)-c2ccccc2CC3)cc1. The van der Waals surface area contributed by atoms with Gasteiger partial charge in [-0.25, -0.2) is 4.68 Å². The number of aromatic nitrogens is 3. The van der Waals surface area contributed by atoms with Gasteiger partial charge in [-0.05, 0) is 104 Å². The predicted molar refractivity (Wildman–Crippen MR) is 181 cm³/mol. The molecule has 4 aromatic carbocycles. The molecule has 0 spiro atoms. The number of hydrogen-bond donors (Lipinski definition) is 0. The van der Waals surface area contributed by atoms with Crippen LogP contribution in [0.5, 0.6) is 5.75 Å². The van der Waals surface area contributed by atoms with Gasteiger partial charge in [0, 0.05) is 34.1 Å². The molecule has 0 bridgehead atoms. The van der Waals surface area contributed by atoms with Crippen molar-refractivity contribution < 1.29 is 9.53 Å². The zero-order chi connectivity index (χ0) is 30.9. The number of Topliss-reactive ketones (excluding diaryl/α,β-unsaturated/α-hetero) is 1. The van der Waals surface area contributed by atoms with E-state index in [1.807, 2.05) is 22.9 Å². The molecule has 0 fully saturated rings. The molecule has 0 unspecified atom stereocenters. The Balaban J connectivity index is 0.000000770.